The summed E-state index contributed by atoms with van der Waals surface area (Å²) < 4.78 is 18.5. The van der Waals surface area contributed by atoms with Gasteiger partial charge in [-0.2, -0.15) is 0 Å². The second kappa shape index (κ2) is 11.1. The number of aromatic nitrogens is 3. The van der Waals surface area contributed by atoms with Gasteiger partial charge in [-0.05, 0) is 36.6 Å². The van der Waals surface area contributed by atoms with Crippen molar-refractivity contribution in [2.75, 3.05) is 38.6 Å². The van der Waals surface area contributed by atoms with Gasteiger partial charge in [-0.25, -0.2) is 9.37 Å². The number of nitrogens with zero attached hydrogens (tertiary/aromatic N) is 3. The zero-order chi connectivity index (χ0) is 22.2. The van der Waals surface area contributed by atoms with E-state index in [9.17, 15) is 9.18 Å². The normalized spacial score (nSPS) is 19.3. The van der Waals surface area contributed by atoms with Gasteiger partial charge < -0.3 is 10.1 Å². The molecule has 0 spiro atoms. The molecule has 1 amide bonds. The highest BCUT2D eigenvalue weighted by Crippen LogP contribution is 2.34. The van der Waals surface area contributed by atoms with Crippen molar-refractivity contribution in [1.29, 1.82) is 0 Å². The van der Waals surface area contributed by atoms with Gasteiger partial charge in [0.25, 0.3) is 0 Å². The highest BCUT2D eigenvalue weighted by atomic mass is 32.2. The Morgan fingerprint density at radius 1 is 1.19 bits per heavy atom. The fourth-order valence-electron chi connectivity index (χ4n) is 4.44. The number of benzene rings is 1. The first-order valence-corrected chi connectivity index (χ1v) is 12.2. The minimum atomic E-state index is -0.266. The van der Waals surface area contributed by atoms with Crippen LogP contribution in [-0.4, -0.2) is 70.1 Å². The van der Waals surface area contributed by atoms with Gasteiger partial charge in [-0.1, -0.05) is 49.2 Å². The average Bonchev–Trinajstić information content (AvgIpc) is 3.30. The standard InChI is InChI=1S/C23H30FN5O2S/c24-19-7-4-18(5-8-19)6-9-20-26-22(28-27-20)32-16-21(30)25-17-23(10-2-1-3-11-23)29-12-14-31-15-13-29/h4-9H,1-3,10-17H2,(H,25,30)(H,26,27,28)/b9-6+. The van der Waals surface area contributed by atoms with Gasteiger partial charge in [0.15, 0.2) is 0 Å². The zero-order valence-corrected chi connectivity index (χ0v) is 19.0. The molecule has 1 saturated carbocycles. The third-order valence-corrected chi connectivity index (χ3v) is 7.05. The Kier molecular flexibility index (Phi) is 7.94. The van der Waals surface area contributed by atoms with Gasteiger partial charge in [0.2, 0.25) is 11.1 Å². The van der Waals surface area contributed by atoms with E-state index in [1.54, 1.807) is 18.2 Å². The fraction of sp³-hybridized carbons (Fsp3) is 0.522. The lowest BCUT2D eigenvalue weighted by Gasteiger charge is -2.48. The Bertz CT molecular complexity index is 905. The number of carbonyl (C=O) groups excluding carboxylic acids is 1. The second-order valence-electron chi connectivity index (χ2n) is 8.34. The Labute approximate surface area is 192 Å². The summed E-state index contributed by atoms with van der Waals surface area (Å²) in [6, 6.07) is 6.21. The van der Waals surface area contributed by atoms with Crippen LogP contribution in [0.1, 0.15) is 43.5 Å². The van der Waals surface area contributed by atoms with E-state index in [0.29, 0.717) is 17.5 Å². The molecule has 172 valence electrons. The smallest absolute Gasteiger partial charge is 0.230 e. The van der Waals surface area contributed by atoms with Crippen molar-refractivity contribution in [1.82, 2.24) is 25.4 Å². The number of hydrogen-bond donors (Lipinski definition) is 2. The monoisotopic (exact) mass is 459 g/mol. The molecule has 2 aromatic rings. The summed E-state index contributed by atoms with van der Waals surface area (Å²) in [7, 11) is 0. The number of H-pyrrole nitrogens is 1. The predicted octanol–water partition coefficient (Wildman–Crippen LogP) is 3.36. The Morgan fingerprint density at radius 3 is 2.69 bits per heavy atom. The van der Waals surface area contributed by atoms with Crippen molar-refractivity contribution < 1.29 is 13.9 Å². The number of halogens is 1. The molecule has 2 heterocycles. The van der Waals surface area contributed by atoms with Crippen molar-refractivity contribution in [2.24, 2.45) is 0 Å². The van der Waals surface area contributed by atoms with Gasteiger partial charge in [-0.15, -0.1) is 5.10 Å². The zero-order valence-electron chi connectivity index (χ0n) is 18.2. The van der Waals surface area contributed by atoms with E-state index in [0.717, 1.165) is 44.7 Å². The third kappa shape index (κ3) is 6.17. The molecule has 1 aliphatic heterocycles. The highest BCUT2D eigenvalue weighted by molar-refractivity contribution is 7.99. The molecule has 4 rings (SSSR count). The summed E-state index contributed by atoms with van der Waals surface area (Å²) in [6.45, 7) is 4.11. The fourth-order valence-corrected chi connectivity index (χ4v) is 5.08. The summed E-state index contributed by atoms with van der Waals surface area (Å²) >= 11 is 1.31. The molecule has 0 bridgehead atoms. The molecule has 7 nitrogen and oxygen atoms in total. The van der Waals surface area contributed by atoms with Crippen molar-refractivity contribution >= 4 is 29.8 Å². The highest BCUT2D eigenvalue weighted by Gasteiger charge is 2.38. The molecule has 1 saturated heterocycles. The van der Waals surface area contributed by atoms with Crippen LogP contribution in [0.15, 0.2) is 29.4 Å². The van der Waals surface area contributed by atoms with Crippen LogP contribution >= 0.6 is 11.8 Å². The first-order chi connectivity index (χ1) is 15.6. The Hall–Kier alpha value is -2.23. The van der Waals surface area contributed by atoms with Crippen LogP contribution in [-0.2, 0) is 9.53 Å². The Balaban J connectivity index is 1.26. The number of rotatable bonds is 8. The van der Waals surface area contributed by atoms with Crippen molar-refractivity contribution in [3.05, 3.63) is 41.5 Å². The average molecular weight is 460 g/mol. The summed E-state index contributed by atoms with van der Waals surface area (Å²) in [5.74, 6) is 0.600. The van der Waals surface area contributed by atoms with Gasteiger partial charge >= 0.3 is 0 Å². The van der Waals surface area contributed by atoms with E-state index in [2.05, 4.69) is 25.4 Å². The molecule has 0 unspecified atom stereocenters. The number of ether oxygens (including phenoxy) is 1. The summed E-state index contributed by atoms with van der Waals surface area (Å²) in [5.41, 5.74) is 0.930. The van der Waals surface area contributed by atoms with E-state index in [1.807, 2.05) is 6.08 Å². The van der Waals surface area contributed by atoms with Crippen LogP contribution in [0.5, 0.6) is 0 Å². The maximum Gasteiger partial charge on any atom is 0.230 e. The van der Waals surface area contributed by atoms with Gasteiger partial charge in [0.05, 0.1) is 19.0 Å². The van der Waals surface area contributed by atoms with Crippen LogP contribution in [0.3, 0.4) is 0 Å². The topological polar surface area (TPSA) is 83.1 Å². The van der Waals surface area contributed by atoms with E-state index < -0.39 is 0 Å². The number of aromatic amines is 1. The minimum absolute atomic E-state index is 0.00131. The van der Waals surface area contributed by atoms with Crippen LogP contribution in [0.25, 0.3) is 12.2 Å². The lowest BCUT2D eigenvalue weighted by molar-refractivity contribution is -0.119. The first kappa shape index (κ1) is 22.9. The quantitative estimate of drug-likeness (QED) is 0.589. The van der Waals surface area contributed by atoms with E-state index in [1.165, 1.54) is 43.2 Å². The van der Waals surface area contributed by atoms with Gasteiger partial charge in [0.1, 0.15) is 11.6 Å². The number of nitrogens with one attached hydrogen (secondary N) is 2. The van der Waals surface area contributed by atoms with E-state index in [4.69, 9.17) is 4.74 Å². The molecule has 2 N–H and O–H groups in total. The van der Waals surface area contributed by atoms with Crippen LogP contribution in [0.2, 0.25) is 0 Å². The van der Waals surface area contributed by atoms with Crippen LogP contribution in [0.4, 0.5) is 4.39 Å². The molecule has 0 radical (unpaired) electrons. The predicted molar refractivity (Wildman–Crippen MR) is 124 cm³/mol. The minimum Gasteiger partial charge on any atom is -0.379 e. The van der Waals surface area contributed by atoms with E-state index >= 15 is 0 Å². The summed E-state index contributed by atoms with van der Waals surface area (Å²) in [5, 5.41) is 10.7. The molecule has 32 heavy (non-hydrogen) atoms. The van der Waals surface area contributed by atoms with Crippen LogP contribution < -0.4 is 5.32 Å². The molecule has 1 aromatic heterocycles. The summed E-state index contributed by atoms with van der Waals surface area (Å²) in [6.07, 6.45) is 9.57. The lowest BCUT2D eigenvalue weighted by Crippen LogP contribution is -2.59. The molecule has 1 aromatic carbocycles. The van der Waals surface area contributed by atoms with Crippen molar-refractivity contribution in [3.8, 4) is 0 Å². The van der Waals surface area contributed by atoms with Crippen molar-refractivity contribution in [3.63, 3.8) is 0 Å². The lowest BCUT2D eigenvalue weighted by atomic mass is 9.79. The SMILES string of the molecule is O=C(CSc1n[nH]c(/C=C/c2ccc(F)cc2)n1)NCC1(N2CCOCC2)CCCCC1. The largest absolute Gasteiger partial charge is 0.379 e. The summed E-state index contributed by atoms with van der Waals surface area (Å²) in [4.78, 5) is 19.5. The molecule has 0 atom stereocenters. The molecule has 9 heteroatoms. The number of carbonyl (C=O) groups is 1. The maximum atomic E-state index is 13.0. The maximum absolute atomic E-state index is 13.0. The van der Waals surface area contributed by atoms with Crippen LogP contribution in [0, 0.1) is 5.82 Å². The second-order valence-corrected chi connectivity index (χ2v) is 9.28. The van der Waals surface area contributed by atoms with Crippen molar-refractivity contribution in [2.45, 2.75) is 42.8 Å². The number of amides is 1. The molecular weight excluding hydrogens is 429 g/mol. The molecule has 1 aliphatic carbocycles. The number of hydrogen-bond acceptors (Lipinski definition) is 6. The number of morpholine rings is 1. The van der Waals surface area contributed by atoms with Gasteiger partial charge in [0, 0.05) is 25.2 Å². The van der Waals surface area contributed by atoms with Gasteiger partial charge in [-0.3, -0.25) is 14.8 Å². The number of thioether (sulfide) groups is 1. The molecular formula is C23H30FN5O2S. The first-order valence-electron chi connectivity index (χ1n) is 11.2. The Morgan fingerprint density at radius 2 is 1.94 bits per heavy atom. The third-order valence-electron chi connectivity index (χ3n) is 6.20. The molecule has 2 aliphatic rings. The van der Waals surface area contributed by atoms with E-state index in [-0.39, 0.29) is 23.0 Å². The molecule has 2 fully saturated rings.